The summed E-state index contributed by atoms with van der Waals surface area (Å²) in [6.45, 7) is 4.11. The van der Waals surface area contributed by atoms with Crippen molar-refractivity contribution in [2.75, 3.05) is 0 Å². The van der Waals surface area contributed by atoms with Crippen LogP contribution in [0, 0.1) is 5.92 Å². The van der Waals surface area contributed by atoms with Gasteiger partial charge in [-0.1, -0.05) is 43.1 Å². The van der Waals surface area contributed by atoms with Crippen LogP contribution in [0.15, 0.2) is 30.6 Å². The standard InChI is InChI=1S/C16H19Cl2N3O/c1-10(2)15(16-19-6-7-21(16)3)20-14(22)9-11-4-5-12(17)13(18)8-11/h4-8,10,15H,9H2,1-3H3,(H,20,22). The number of carbonyl (C=O) groups is 1. The van der Waals surface area contributed by atoms with Gasteiger partial charge in [-0.15, -0.1) is 0 Å². The van der Waals surface area contributed by atoms with Crippen LogP contribution in [0.1, 0.15) is 31.3 Å². The average Bonchev–Trinajstić information content (AvgIpc) is 2.86. The minimum absolute atomic E-state index is 0.0694. The van der Waals surface area contributed by atoms with E-state index in [9.17, 15) is 4.79 Å². The first-order chi connectivity index (χ1) is 10.4. The van der Waals surface area contributed by atoms with Crippen LogP contribution < -0.4 is 5.32 Å². The van der Waals surface area contributed by atoms with E-state index in [0.29, 0.717) is 10.0 Å². The van der Waals surface area contributed by atoms with E-state index in [1.807, 2.05) is 17.8 Å². The summed E-state index contributed by atoms with van der Waals surface area (Å²) in [5.74, 6) is 1.01. The Morgan fingerprint density at radius 1 is 1.32 bits per heavy atom. The molecule has 1 heterocycles. The lowest BCUT2D eigenvalue weighted by molar-refractivity contribution is -0.121. The first kappa shape index (κ1) is 16.8. The molecule has 1 aromatic carbocycles. The Morgan fingerprint density at radius 3 is 2.59 bits per heavy atom. The van der Waals surface area contributed by atoms with Crippen molar-refractivity contribution in [3.63, 3.8) is 0 Å². The van der Waals surface area contributed by atoms with Gasteiger partial charge in [-0.2, -0.15) is 0 Å². The number of aryl methyl sites for hydroxylation is 1. The Hall–Kier alpha value is -1.52. The zero-order chi connectivity index (χ0) is 16.3. The molecule has 1 unspecified atom stereocenters. The zero-order valence-electron chi connectivity index (χ0n) is 12.8. The third kappa shape index (κ3) is 4.02. The summed E-state index contributed by atoms with van der Waals surface area (Å²) < 4.78 is 1.92. The smallest absolute Gasteiger partial charge is 0.225 e. The van der Waals surface area contributed by atoms with E-state index in [2.05, 4.69) is 24.1 Å². The predicted molar refractivity (Wildman–Crippen MR) is 89.1 cm³/mol. The maximum absolute atomic E-state index is 12.3. The summed E-state index contributed by atoms with van der Waals surface area (Å²) in [4.78, 5) is 16.6. The monoisotopic (exact) mass is 339 g/mol. The lowest BCUT2D eigenvalue weighted by Crippen LogP contribution is -2.34. The fraction of sp³-hybridized carbons (Fsp3) is 0.375. The third-order valence-electron chi connectivity index (χ3n) is 3.47. The number of halogens is 2. The van der Waals surface area contributed by atoms with E-state index in [1.165, 1.54) is 0 Å². The lowest BCUT2D eigenvalue weighted by Gasteiger charge is -2.22. The van der Waals surface area contributed by atoms with Crippen LogP contribution >= 0.6 is 23.2 Å². The number of rotatable bonds is 5. The van der Waals surface area contributed by atoms with Gasteiger partial charge < -0.3 is 9.88 Å². The molecule has 0 bridgehead atoms. The fourth-order valence-electron chi connectivity index (χ4n) is 2.27. The van der Waals surface area contributed by atoms with Crippen LogP contribution in [0.2, 0.25) is 10.0 Å². The molecule has 1 N–H and O–H groups in total. The molecule has 0 aliphatic rings. The van der Waals surface area contributed by atoms with Gasteiger partial charge in [0.1, 0.15) is 5.82 Å². The van der Waals surface area contributed by atoms with Gasteiger partial charge >= 0.3 is 0 Å². The van der Waals surface area contributed by atoms with Crippen molar-refractivity contribution in [2.45, 2.75) is 26.3 Å². The van der Waals surface area contributed by atoms with E-state index in [1.54, 1.807) is 24.4 Å². The third-order valence-corrected chi connectivity index (χ3v) is 4.21. The largest absolute Gasteiger partial charge is 0.346 e. The second kappa shape index (κ2) is 7.16. The van der Waals surface area contributed by atoms with Gasteiger partial charge in [0.05, 0.1) is 22.5 Å². The van der Waals surface area contributed by atoms with E-state index in [4.69, 9.17) is 23.2 Å². The predicted octanol–water partition coefficient (Wildman–Crippen LogP) is 3.78. The van der Waals surface area contributed by atoms with Crippen molar-refractivity contribution < 1.29 is 4.79 Å². The van der Waals surface area contributed by atoms with Gasteiger partial charge in [0.2, 0.25) is 5.91 Å². The maximum Gasteiger partial charge on any atom is 0.225 e. The molecule has 22 heavy (non-hydrogen) atoms. The molecule has 0 fully saturated rings. The Morgan fingerprint density at radius 2 is 2.05 bits per heavy atom. The molecule has 0 saturated heterocycles. The normalized spacial score (nSPS) is 12.5. The molecule has 0 aliphatic carbocycles. The zero-order valence-corrected chi connectivity index (χ0v) is 14.3. The maximum atomic E-state index is 12.3. The van der Waals surface area contributed by atoms with Crippen LogP contribution in [0.3, 0.4) is 0 Å². The number of aromatic nitrogens is 2. The summed E-state index contributed by atoms with van der Waals surface area (Å²) in [5, 5.41) is 3.98. The quantitative estimate of drug-likeness (QED) is 0.900. The number of benzene rings is 1. The molecular weight excluding hydrogens is 321 g/mol. The Kier molecular flexibility index (Phi) is 5.48. The second-order valence-electron chi connectivity index (χ2n) is 5.61. The van der Waals surface area contributed by atoms with Gasteiger partial charge in [-0.25, -0.2) is 4.98 Å². The van der Waals surface area contributed by atoms with Crippen molar-refractivity contribution >= 4 is 29.1 Å². The average molecular weight is 340 g/mol. The molecule has 4 nitrogen and oxygen atoms in total. The van der Waals surface area contributed by atoms with Crippen LogP contribution in [-0.4, -0.2) is 15.5 Å². The molecule has 1 atom stereocenters. The minimum Gasteiger partial charge on any atom is -0.346 e. The van der Waals surface area contributed by atoms with Crippen LogP contribution in [-0.2, 0) is 18.3 Å². The summed E-state index contributed by atoms with van der Waals surface area (Å²) in [6, 6.07) is 5.09. The summed E-state index contributed by atoms with van der Waals surface area (Å²) in [7, 11) is 1.92. The number of amides is 1. The van der Waals surface area contributed by atoms with Crippen molar-refractivity contribution in [3.05, 3.63) is 52.0 Å². The van der Waals surface area contributed by atoms with E-state index in [0.717, 1.165) is 11.4 Å². The second-order valence-corrected chi connectivity index (χ2v) is 6.43. The summed E-state index contributed by atoms with van der Waals surface area (Å²) in [6.07, 6.45) is 3.86. The van der Waals surface area contributed by atoms with Crippen molar-refractivity contribution in [3.8, 4) is 0 Å². The molecule has 0 saturated carbocycles. The topological polar surface area (TPSA) is 46.9 Å². The van der Waals surface area contributed by atoms with E-state index < -0.39 is 0 Å². The number of carbonyl (C=O) groups excluding carboxylic acids is 1. The highest BCUT2D eigenvalue weighted by Crippen LogP contribution is 2.23. The highest BCUT2D eigenvalue weighted by atomic mass is 35.5. The fourth-order valence-corrected chi connectivity index (χ4v) is 2.59. The highest BCUT2D eigenvalue weighted by molar-refractivity contribution is 6.42. The van der Waals surface area contributed by atoms with E-state index >= 15 is 0 Å². The number of nitrogens with one attached hydrogen (secondary N) is 1. The number of imidazole rings is 1. The van der Waals surface area contributed by atoms with Crippen molar-refractivity contribution in [2.24, 2.45) is 13.0 Å². The lowest BCUT2D eigenvalue weighted by atomic mass is 10.0. The van der Waals surface area contributed by atoms with Crippen LogP contribution in [0.5, 0.6) is 0 Å². The number of hydrogen-bond acceptors (Lipinski definition) is 2. The van der Waals surface area contributed by atoms with Gasteiger partial charge in [0, 0.05) is 19.4 Å². The molecule has 2 rings (SSSR count). The highest BCUT2D eigenvalue weighted by Gasteiger charge is 2.22. The first-order valence-corrected chi connectivity index (χ1v) is 7.84. The molecular formula is C16H19Cl2N3O. The Labute approximate surface area is 140 Å². The first-order valence-electron chi connectivity index (χ1n) is 7.09. The molecule has 0 spiro atoms. The minimum atomic E-state index is -0.129. The number of nitrogens with zero attached hydrogens (tertiary/aromatic N) is 2. The van der Waals surface area contributed by atoms with Gasteiger partial charge in [-0.05, 0) is 23.6 Å². The molecule has 1 amide bonds. The molecule has 118 valence electrons. The van der Waals surface area contributed by atoms with Gasteiger partial charge in [0.15, 0.2) is 0 Å². The summed E-state index contributed by atoms with van der Waals surface area (Å²) >= 11 is 11.9. The van der Waals surface area contributed by atoms with Crippen molar-refractivity contribution in [1.29, 1.82) is 0 Å². The summed E-state index contributed by atoms with van der Waals surface area (Å²) in [5.41, 5.74) is 0.828. The SMILES string of the molecule is CC(C)C(NC(=O)Cc1ccc(Cl)c(Cl)c1)c1nccn1C. The molecule has 6 heteroatoms. The molecule has 0 aliphatic heterocycles. The molecule has 0 radical (unpaired) electrons. The Bertz CT molecular complexity index is 667. The number of hydrogen-bond donors (Lipinski definition) is 1. The van der Waals surface area contributed by atoms with Crippen LogP contribution in [0.25, 0.3) is 0 Å². The van der Waals surface area contributed by atoms with Crippen LogP contribution in [0.4, 0.5) is 0 Å². The Balaban J connectivity index is 2.09. The van der Waals surface area contributed by atoms with Gasteiger partial charge in [0.25, 0.3) is 0 Å². The molecule has 1 aromatic heterocycles. The van der Waals surface area contributed by atoms with E-state index in [-0.39, 0.29) is 24.3 Å². The molecule has 2 aromatic rings. The van der Waals surface area contributed by atoms with Crippen molar-refractivity contribution in [1.82, 2.24) is 14.9 Å². The van der Waals surface area contributed by atoms with Gasteiger partial charge in [-0.3, -0.25) is 4.79 Å².